The van der Waals surface area contributed by atoms with Gasteiger partial charge in [0.05, 0.1) is 10.6 Å². The van der Waals surface area contributed by atoms with E-state index in [-0.39, 0.29) is 11.9 Å². The fourth-order valence-electron chi connectivity index (χ4n) is 2.84. The van der Waals surface area contributed by atoms with E-state index in [0.717, 1.165) is 20.8 Å². The Morgan fingerprint density at radius 2 is 1.91 bits per heavy atom. The molecular weight excluding hydrogens is 314 g/mol. The highest BCUT2D eigenvalue weighted by atomic mass is 32.1. The van der Waals surface area contributed by atoms with Crippen LogP contribution in [0.3, 0.4) is 0 Å². The number of carbonyl (C=O) groups is 2. The summed E-state index contributed by atoms with van der Waals surface area (Å²) in [4.78, 5) is 29.8. The zero-order chi connectivity index (χ0) is 16.6. The molecule has 8 heteroatoms. The number of piperazine rings is 1. The van der Waals surface area contributed by atoms with Gasteiger partial charge in [-0.05, 0) is 19.9 Å². The van der Waals surface area contributed by atoms with E-state index in [1.54, 1.807) is 4.90 Å². The molecule has 23 heavy (non-hydrogen) atoms. The lowest BCUT2D eigenvalue weighted by Gasteiger charge is -2.34. The van der Waals surface area contributed by atoms with Crippen molar-refractivity contribution in [2.75, 3.05) is 32.7 Å². The third-order valence-electron chi connectivity index (χ3n) is 4.09. The molecule has 3 amide bonds. The summed E-state index contributed by atoms with van der Waals surface area (Å²) >= 11 is 1.48. The summed E-state index contributed by atoms with van der Waals surface area (Å²) in [6, 6.07) is 1.88. The van der Waals surface area contributed by atoms with Crippen molar-refractivity contribution in [1.29, 1.82) is 0 Å². The predicted molar refractivity (Wildman–Crippen MR) is 89.9 cm³/mol. The van der Waals surface area contributed by atoms with Gasteiger partial charge in [0, 0.05) is 45.2 Å². The molecule has 1 aliphatic rings. The van der Waals surface area contributed by atoms with Crippen LogP contribution in [0.15, 0.2) is 6.07 Å². The number of nitrogens with one attached hydrogen (secondary N) is 1. The fourth-order valence-corrected chi connectivity index (χ4v) is 3.93. The molecule has 0 radical (unpaired) electrons. The monoisotopic (exact) mass is 335 g/mol. The minimum atomic E-state index is -0.0526. The van der Waals surface area contributed by atoms with Gasteiger partial charge in [-0.15, -0.1) is 11.3 Å². The largest absolute Gasteiger partial charge is 0.338 e. The van der Waals surface area contributed by atoms with Gasteiger partial charge in [0.15, 0.2) is 0 Å². The molecule has 2 aromatic rings. The Labute approximate surface area is 138 Å². The molecule has 124 valence electrons. The molecule has 1 saturated heterocycles. The van der Waals surface area contributed by atoms with Crippen LogP contribution in [0.2, 0.25) is 0 Å². The molecule has 2 aromatic heterocycles. The maximum Gasteiger partial charge on any atom is 0.317 e. The summed E-state index contributed by atoms with van der Waals surface area (Å²) in [5.74, 6) is 0.0427. The number of hydrogen-bond donors (Lipinski definition) is 1. The van der Waals surface area contributed by atoms with Crippen LogP contribution in [-0.2, 0) is 7.05 Å². The molecule has 0 aromatic carbocycles. The zero-order valence-corrected chi connectivity index (χ0v) is 14.4. The Morgan fingerprint density at radius 1 is 1.26 bits per heavy atom. The maximum atomic E-state index is 12.7. The number of aryl methyl sites for hydroxylation is 2. The van der Waals surface area contributed by atoms with Crippen molar-refractivity contribution in [2.45, 2.75) is 13.8 Å². The highest BCUT2D eigenvalue weighted by molar-refractivity contribution is 7.20. The molecular formula is C15H21N5O2S. The quantitative estimate of drug-likeness (QED) is 0.902. The molecule has 0 unspecified atom stereocenters. The first-order valence-corrected chi connectivity index (χ1v) is 8.58. The summed E-state index contributed by atoms with van der Waals surface area (Å²) < 4.78 is 1.82. The topological polar surface area (TPSA) is 70.5 Å². The molecule has 0 atom stereocenters. The smallest absolute Gasteiger partial charge is 0.317 e. The van der Waals surface area contributed by atoms with E-state index in [9.17, 15) is 9.59 Å². The van der Waals surface area contributed by atoms with E-state index in [4.69, 9.17) is 0 Å². The summed E-state index contributed by atoms with van der Waals surface area (Å²) in [7, 11) is 1.89. The molecule has 0 spiro atoms. The van der Waals surface area contributed by atoms with E-state index in [0.29, 0.717) is 32.7 Å². The number of hydrogen-bond acceptors (Lipinski definition) is 4. The van der Waals surface area contributed by atoms with Gasteiger partial charge in [0.25, 0.3) is 5.91 Å². The van der Waals surface area contributed by atoms with E-state index in [1.165, 1.54) is 11.3 Å². The lowest BCUT2D eigenvalue weighted by atomic mass is 10.2. The lowest BCUT2D eigenvalue weighted by molar-refractivity contribution is 0.0670. The van der Waals surface area contributed by atoms with Gasteiger partial charge < -0.3 is 15.1 Å². The highest BCUT2D eigenvalue weighted by Gasteiger charge is 2.26. The van der Waals surface area contributed by atoms with Crippen LogP contribution in [0.4, 0.5) is 4.79 Å². The fraction of sp³-hybridized carbons (Fsp3) is 0.533. The van der Waals surface area contributed by atoms with Crippen molar-refractivity contribution >= 4 is 33.5 Å². The minimum absolute atomic E-state index is 0.0427. The number of carbonyl (C=O) groups excluding carboxylic acids is 2. The average Bonchev–Trinajstić information content (AvgIpc) is 3.09. The van der Waals surface area contributed by atoms with Gasteiger partial charge in [-0.2, -0.15) is 5.10 Å². The molecule has 0 bridgehead atoms. The Kier molecular flexibility index (Phi) is 4.25. The first-order valence-electron chi connectivity index (χ1n) is 7.76. The first-order chi connectivity index (χ1) is 11.0. The van der Waals surface area contributed by atoms with Crippen LogP contribution < -0.4 is 5.32 Å². The Balaban J connectivity index is 1.69. The summed E-state index contributed by atoms with van der Waals surface area (Å²) in [6.45, 7) is 6.76. The normalized spacial score (nSPS) is 15.3. The van der Waals surface area contributed by atoms with E-state index >= 15 is 0 Å². The first kappa shape index (κ1) is 15.8. The van der Waals surface area contributed by atoms with Crippen molar-refractivity contribution in [3.8, 4) is 0 Å². The Bertz CT molecular complexity index is 708. The molecule has 0 saturated carbocycles. The predicted octanol–water partition coefficient (Wildman–Crippen LogP) is 1.43. The second-order valence-corrected chi connectivity index (χ2v) is 6.68. The van der Waals surface area contributed by atoms with Crippen molar-refractivity contribution in [3.05, 3.63) is 16.6 Å². The van der Waals surface area contributed by atoms with Crippen LogP contribution >= 0.6 is 11.3 Å². The maximum absolute atomic E-state index is 12.7. The Hall–Kier alpha value is -2.09. The number of amides is 3. The number of rotatable bonds is 2. The van der Waals surface area contributed by atoms with Crippen molar-refractivity contribution in [3.63, 3.8) is 0 Å². The molecule has 7 nitrogen and oxygen atoms in total. The molecule has 3 heterocycles. The van der Waals surface area contributed by atoms with Gasteiger partial charge in [0.1, 0.15) is 4.83 Å². The van der Waals surface area contributed by atoms with Crippen molar-refractivity contribution in [1.82, 2.24) is 24.9 Å². The number of nitrogens with zero attached hydrogens (tertiary/aromatic N) is 4. The highest BCUT2D eigenvalue weighted by Crippen LogP contribution is 2.28. The summed E-state index contributed by atoms with van der Waals surface area (Å²) in [5.41, 5.74) is 0.943. The minimum Gasteiger partial charge on any atom is -0.338 e. The zero-order valence-electron chi connectivity index (χ0n) is 13.6. The van der Waals surface area contributed by atoms with E-state index < -0.39 is 0 Å². The van der Waals surface area contributed by atoms with Gasteiger partial charge in [-0.1, -0.05) is 0 Å². The SMILES string of the molecule is CCNC(=O)N1CCN(C(=O)c2cc3c(C)nn(C)c3s2)CC1. The number of urea groups is 1. The molecule has 1 aliphatic heterocycles. The van der Waals surface area contributed by atoms with Crippen LogP contribution in [0.25, 0.3) is 10.2 Å². The van der Waals surface area contributed by atoms with Crippen LogP contribution in [-0.4, -0.2) is 64.2 Å². The van der Waals surface area contributed by atoms with Crippen LogP contribution in [0.5, 0.6) is 0 Å². The van der Waals surface area contributed by atoms with Gasteiger partial charge >= 0.3 is 6.03 Å². The number of fused-ring (bicyclic) bond motifs is 1. The third kappa shape index (κ3) is 2.90. The van der Waals surface area contributed by atoms with Gasteiger partial charge in [0.2, 0.25) is 0 Å². The average molecular weight is 335 g/mol. The summed E-state index contributed by atoms with van der Waals surface area (Å²) in [5, 5.41) is 8.20. The van der Waals surface area contributed by atoms with Crippen LogP contribution in [0, 0.1) is 6.92 Å². The molecule has 0 aliphatic carbocycles. The standard InChI is InChI=1S/C15H21N5O2S/c1-4-16-15(22)20-7-5-19(6-8-20)13(21)12-9-11-10(2)17-18(3)14(11)23-12/h9H,4-8H2,1-3H3,(H,16,22). The second kappa shape index (κ2) is 6.19. The van der Waals surface area contributed by atoms with Crippen molar-refractivity contribution in [2.24, 2.45) is 7.05 Å². The van der Waals surface area contributed by atoms with Crippen LogP contribution in [0.1, 0.15) is 22.3 Å². The molecule has 1 fully saturated rings. The van der Waals surface area contributed by atoms with E-state index in [1.807, 2.05) is 36.5 Å². The van der Waals surface area contributed by atoms with E-state index in [2.05, 4.69) is 10.4 Å². The van der Waals surface area contributed by atoms with Gasteiger partial charge in [-0.3, -0.25) is 9.48 Å². The molecule has 3 rings (SSSR count). The summed E-state index contributed by atoms with van der Waals surface area (Å²) in [6.07, 6.45) is 0. The number of aromatic nitrogens is 2. The van der Waals surface area contributed by atoms with Gasteiger partial charge in [-0.25, -0.2) is 4.79 Å². The number of thiophene rings is 1. The van der Waals surface area contributed by atoms with Crippen molar-refractivity contribution < 1.29 is 9.59 Å². The third-order valence-corrected chi connectivity index (χ3v) is 5.28. The molecule has 1 N–H and O–H groups in total. The Morgan fingerprint density at radius 3 is 2.52 bits per heavy atom. The lowest BCUT2D eigenvalue weighted by Crippen LogP contribution is -2.53. The second-order valence-electron chi connectivity index (χ2n) is 5.65.